The number of halogens is 3. The van der Waals surface area contributed by atoms with Gasteiger partial charge in [0, 0.05) is 28.7 Å². The van der Waals surface area contributed by atoms with Crippen LogP contribution in [0.5, 0.6) is 0 Å². The fraction of sp³-hybridized carbons (Fsp3) is 0.150. The summed E-state index contributed by atoms with van der Waals surface area (Å²) in [5.74, 6) is -1.42. The van der Waals surface area contributed by atoms with Gasteiger partial charge in [-0.1, -0.05) is 6.07 Å². The minimum atomic E-state index is -4.64. The number of aromatic nitrogens is 2. The quantitative estimate of drug-likeness (QED) is 0.694. The number of carbonyl (C=O) groups excluding carboxylic acids is 2. The lowest BCUT2D eigenvalue weighted by Gasteiger charge is -2.14. The van der Waals surface area contributed by atoms with Crippen LogP contribution >= 0.6 is 0 Å². The van der Waals surface area contributed by atoms with Crippen LogP contribution in [0.15, 0.2) is 48.9 Å². The summed E-state index contributed by atoms with van der Waals surface area (Å²) in [5.41, 5.74) is 5.82. The molecule has 3 N–H and O–H groups in total. The Kier molecular flexibility index (Phi) is 5.15. The number of imidazole rings is 1. The van der Waals surface area contributed by atoms with Crippen molar-refractivity contribution in [1.29, 1.82) is 0 Å². The molecule has 3 rings (SSSR count). The molecule has 6 nitrogen and oxygen atoms in total. The first kappa shape index (κ1) is 20.1. The van der Waals surface area contributed by atoms with E-state index in [0.717, 1.165) is 12.1 Å². The lowest BCUT2D eigenvalue weighted by Crippen LogP contribution is -2.18. The predicted molar refractivity (Wildman–Crippen MR) is 101 cm³/mol. The third-order valence-corrected chi connectivity index (χ3v) is 4.36. The molecular formula is C20H17F3N4O2. The van der Waals surface area contributed by atoms with Crippen molar-refractivity contribution < 1.29 is 22.8 Å². The third kappa shape index (κ3) is 4.29. The van der Waals surface area contributed by atoms with Crippen LogP contribution in [-0.4, -0.2) is 21.4 Å². The van der Waals surface area contributed by atoms with Gasteiger partial charge in [-0.25, -0.2) is 4.98 Å². The van der Waals surface area contributed by atoms with Crippen molar-refractivity contribution >= 4 is 17.5 Å². The van der Waals surface area contributed by atoms with Crippen molar-refractivity contribution in [3.63, 3.8) is 0 Å². The Hall–Kier alpha value is -3.62. The average Bonchev–Trinajstić information content (AvgIpc) is 3.08. The van der Waals surface area contributed by atoms with Crippen LogP contribution in [0.1, 0.15) is 37.5 Å². The Morgan fingerprint density at radius 2 is 1.86 bits per heavy atom. The lowest BCUT2D eigenvalue weighted by atomic mass is 10.0. The molecule has 9 heteroatoms. The summed E-state index contributed by atoms with van der Waals surface area (Å²) in [6.07, 6.45) is -1.72. The number of rotatable bonds is 4. The highest BCUT2D eigenvalue weighted by atomic mass is 19.4. The summed E-state index contributed by atoms with van der Waals surface area (Å²) in [6, 6.07) is 7.60. The highest BCUT2D eigenvalue weighted by Gasteiger charge is 2.32. The number of aryl methyl sites for hydroxylation is 1. The number of anilines is 1. The molecule has 0 radical (unpaired) electrons. The van der Waals surface area contributed by atoms with E-state index < -0.39 is 23.6 Å². The van der Waals surface area contributed by atoms with Gasteiger partial charge in [0.05, 0.1) is 17.6 Å². The molecular weight excluding hydrogens is 385 g/mol. The monoisotopic (exact) mass is 402 g/mol. The molecule has 2 amide bonds. The summed E-state index contributed by atoms with van der Waals surface area (Å²) >= 11 is 0. The van der Waals surface area contributed by atoms with Crippen LogP contribution < -0.4 is 11.1 Å². The topological polar surface area (TPSA) is 90.0 Å². The number of nitrogens with two attached hydrogens (primary N) is 1. The first-order valence-electron chi connectivity index (χ1n) is 8.50. The Morgan fingerprint density at radius 3 is 2.45 bits per heavy atom. The summed E-state index contributed by atoms with van der Waals surface area (Å²) in [4.78, 5) is 28.2. The van der Waals surface area contributed by atoms with Crippen LogP contribution in [0.2, 0.25) is 0 Å². The molecule has 0 atom stereocenters. The maximum Gasteiger partial charge on any atom is 0.416 e. The molecule has 0 fully saturated rings. The number of alkyl halides is 3. The van der Waals surface area contributed by atoms with Gasteiger partial charge >= 0.3 is 6.18 Å². The molecule has 0 spiro atoms. The molecule has 0 aliphatic heterocycles. The molecule has 0 unspecified atom stereocenters. The zero-order chi connectivity index (χ0) is 21.3. The van der Waals surface area contributed by atoms with E-state index in [1.165, 1.54) is 35.2 Å². The fourth-order valence-electron chi connectivity index (χ4n) is 2.85. The smallest absolute Gasteiger partial charge is 0.366 e. The van der Waals surface area contributed by atoms with Gasteiger partial charge in [0.2, 0.25) is 5.91 Å². The zero-order valence-electron chi connectivity index (χ0n) is 15.5. The van der Waals surface area contributed by atoms with Gasteiger partial charge in [-0.3, -0.25) is 9.59 Å². The molecule has 2 aromatic carbocycles. The van der Waals surface area contributed by atoms with Crippen molar-refractivity contribution in [1.82, 2.24) is 9.55 Å². The van der Waals surface area contributed by atoms with E-state index in [1.807, 2.05) is 0 Å². The highest BCUT2D eigenvalue weighted by molar-refractivity contribution is 6.06. The highest BCUT2D eigenvalue weighted by Crippen LogP contribution is 2.32. The van der Waals surface area contributed by atoms with E-state index in [-0.39, 0.29) is 22.5 Å². The number of benzene rings is 2. The van der Waals surface area contributed by atoms with Crippen molar-refractivity contribution in [2.75, 3.05) is 5.32 Å². The summed E-state index contributed by atoms with van der Waals surface area (Å²) < 4.78 is 41.5. The van der Waals surface area contributed by atoms with Crippen molar-refractivity contribution in [3.05, 3.63) is 76.9 Å². The second-order valence-electron chi connectivity index (χ2n) is 6.49. The van der Waals surface area contributed by atoms with E-state index in [2.05, 4.69) is 10.3 Å². The lowest BCUT2D eigenvalue weighted by molar-refractivity contribution is -0.137. The first-order valence-corrected chi connectivity index (χ1v) is 8.50. The normalized spacial score (nSPS) is 11.3. The van der Waals surface area contributed by atoms with Gasteiger partial charge in [0.1, 0.15) is 0 Å². The van der Waals surface area contributed by atoms with E-state index in [1.54, 1.807) is 20.0 Å². The molecule has 0 bridgehead atoms. The molecule has 150 valence electrons. The molecule has 1 aromatic heterocycles. The molecule has 0 saturated carbocycles. The van der Waals surface area contributed by atoms with Gasteiger partial charge in [-0.05, 0) is 49.7 Å². The maximum absolute atomic E-state index is 13.4. The average molecular weight is 402 g/mol. The second kappa shape index (κ2) is 7.42. The number of hydrogen-bond donors (Lipinski definition) is 2. The van der Waals surface area contributed by atoms with E-state index in [9.17, 15) is 22.8 Å². The van der Waals surface area contributed by atoms with Crippen LogP contribution in [0.4, 0.5) is 18.9 Å². The number of primary amides is 1. The largest absolute Gasteiger partial charge is 0.416 e. The SMILES string of the molecule is Cc1cn(-c2cc(C(=O)Nc3cccc(C(N)=O)c3C)cc(C(F)(F)F)c2)cn1. The van der Waals surface area contributed by atoms with Crippen molar-refractivity contribution in [3.8, 4) is 5.69 Å². The van der Waals surface area contributed by atoms with E-state index >= 15 is 0 Å². The standard InChI is InChI=1S/C20H17F3N4O2/c1-11-9-27(10-25-11)15-7-13(6-14(8-15)20(21,22)23)19(29)26-17-5-3-4-16(12(17)2)18(24)28/h3-10H,1-2H3,(H2,24,28)(H,26,29). The van der Waals surface area contributed by atoms with Gasteiger partial charge < -0.3 is 15.6 Å². The van der Waals surface area contributed by atoms with Gasteiger partial charge in [0.25, 0.3) is 5.91 Å². The van der Waals surface area contributed by atoms with Gasteiger partial charge in [0.15, 0.2) is 0 Å². The Balaban J connectivity index is 2.02. The molecule has 0 saturated heterocycles. The Labute approximate surface area is 164 Å². The molecule has 3 aromatic rings. The zero-order valence-corrected chi connectivity index (χ0v) is 15.5. The Bertz CT molecular complexity index is 1100. The van der Waals surface area contributed by atoms with Crippen molar-refractivity contribution in [2.24, 2.45) is 5.73 Å². The van der Waals surface area contributed by atoms with Crippen LogP contribution in [0.25, 0.3) is 5.69 Å². The molecule has 0 aliphatic rings. The molecule has 29 heavy (non-hydrogen) atoms. The molecule has 1 heterocycles. The van der Waals surface area contributed by atoms with Crippen LogP contribution in [0, 0.1) is 13.8 Å². The predicted octanol–water partition coefficient (Wildman–Crippen LogP) is 3.86. The van der Waals surface area contributed by atoms with Gasteiger partial charge in [-0.2, -0.15) is 13.2 Å². The number of hydrogen-bond acceptors (Lipinski definition) is 3. The second-order valence-corrected chi connectivity index (χ2v) is 6.49. The number of nitrogens with one attached hydrogen (secondary N) is 1. The maximum atomic E-state index is 13.4. The van der Waals surface area contributed by atoms with Crippen LogP contribution in [0.3, 0.4) is 0 Å². The summed E-state index contributed by atoms with van der Waals surface area (Å²) in [6.45, 7) is 3.29. The van der Waals surface area contributed by atoms with Crippen LogP contribution in [-0.2, 0) is 6.18 Å². The Morgan fingerprint density at radius 1 is 1.14 bits per heavy atom. The minimum absolute atomic E-state index is 0.146. The van der Waals surface area contributed by atoms with Gasteiger partial charge in [-0.15, -0.1) is 0 Å². The number of nitrogens with zero attached hydrogens (tertiary/aromatic N) is 2. The number of carbonyl (C=O) groups is 2. The molecule has 0 aliphatic carbocycles. The fourth-order valence-corrected chi connectivity index (χ4v) is 2.85. The van der Waals surface area contributed by atoms with Crippen molar-refractivity contribution in [2.45, 2.75) is 20.0 Å². The third-order valence-electron chi connectivity index (χ3n) is 4.36. The minimum Gasteiger partial charge on any atom is -0.366 e. The van der Waals surface area contributed by atoms with E-state index in [4.69, 9.17) is 5.73 Å². The summed E-state index contributed by atoms with van der Waals surface area (Å²) in [5, 5.41) is 2.55. The van der Waals surface area contributed by atoms with E-state index in [0.29, 0.717) is 11.3 Å². The first-order chi connectivity index (χ1) is 13.6. The number of amides is 2. The summed E-state index contributed by atoms with van der Waals surface area (Å²) in [7, 11) is 0.